The van der Waals surface area contributed by atoms with E-state index >= 15 is 0 Å². The van der Waals surface area contributed by atoms with Crippen molar-refractivity contribution in [2.45, 2.75) is 39.2 Å². The van der Waals surface area contributed by atoms with E-state index in [9.17, 15) is 19.5 Å². The third-order valence-electron chi connectivity index (χ3n) is 4.30. The number of hydrogen-bond acceptors (Lipinski definition) is 4. The van der Waals surface area contributed by atoms with Gasteiger partial charge in [-0.1, -0.05) is 20.8 Å². The van der Waals surface area contributed by atoms with Gasteiger partial charge in [0.15, 0.2) is 0 Å². The molecule has 0 bridgehead atoms. The van der Waals surface area contributed by atoms with Crippen molar-refractivity contribution in [2.75, 3.05) is 18.1 Å². The molecule has 2 rings (SSSR count). The minimum absolute atomic E-state index is 0.0150. The van der Waals surface area contributed by atoms with Gasteiger partial charge in [0.2, 0.25) is 0 Å². The minimum atomic E-state index is -1.20. The number of nitrogens with one attached hydrogen (secondary N) is 2. The lowest BCUT2D eigenvalue weighted by molar-refractivity contribution is -0.144. The molecule has 3 N–H and O–H groups in total. The fourth-order valence-electron chi connectivity index (χ4n) is 2.62. The second-order valence-electron chi connectivity index (χ2n) is 7.77. The summed E-state index contributed by atoms with van der Waals surface area (Å²) in [4.78, 5) is 36.3. The number of carbonyl (C=O) groups is 3. The Kier molecular flexibility index (Phi) is 6.34. The molecule has 0 radical (unpaired) electrons. The molecule has 1 aliphatic rings. The van der Waals surface area contributed by atoms with E-state index in [-0.39, 0.29) is 11.3 Å². The lowest BCUT2D eigenvalue weighted by Gasteiger charge is -2.33. The van der Waals surface area contributed by atoms with E-state index in [2.05, 4.69) is 10.6 Å². The summed E-state index contributed by atoms with van der Waals surface area (Å²) < 4.78 is 0. The van der Waals surface area contributed by atoms with Crippen molar-refractivity contribution in [3.8, 4) is 0 Å². The molecule has 1 saturated heterocycles. The Morgan fingerprint density at radius 2 is 1.54 bits per heavy atom. The van der Waals surface area contributed by atoms with Gasteiger partial charge in [0.05, 0.1) is 0 Å². The van der Waals surface area contributed by atoms with Crippen molar-refractivity contribution < 1.29 is 19.5 Å². The topological polar surface area (TPSA) is 95.5 Å². The number of hydrogen-bond donors (Lipinski definition) is 3. The van der Waals surface area contributed by atoms with Crippen LogP contribution in [0.1, 0.15) is 54.3 Å². The third kappa shape index (κ3) is 5.24. The summed E-state index contributed by atoms with van der Waals surface area (Å²) in [5.74, 6) is -0.206. The molecule has 0 saturated carbocycles. The zero-order valence-electron chi connectivity index (χ0n) is 15.4. The van der Waals surface area contributed by atoms with Gasteiger partial charge < -0.3 is 15.7 Å². The normalized spacial score (nSPS) is 16.6. The van der Waals surface area contributed by atoms with Gasteiger partial charge in [-0.2, -0.15) is 11.8 Å². The van der Waals surface area contributed by atoms with Crippen LogP contribution >= 0.6 is 11.8 Å². The zero-order valence-corrected chi connectivity index (χ0v) is 16.2. The van der Waals surface area contributed by atoms with Crippen LogP contribution < -0.4 is 10.6 Å². The molecule has 1 aromatic carbocycles. The van der Waals surface area contributed by atoms with E-state index in [0.717, 1.165) is 0 Å². The first-order valence-electron chi connectivity index (χ1n) is 8.65. The molecule has 6 nitrogen and oxygen atoms in total. The van der Waals surface area contributed by atoms with Crippen LogP contribution in [0.5, 0.6) is 0 Å². The van der Waals surface area contributed by atoms with E-state index in [1.54, 1.807) is 36.0 Å². The molecule has 1 heterocycles. The summed E-state index contributed by atoms with van der Waals surface area (Å²) in [7, 11) is 0. The van der Waals surface area contributed by atoms with Gasteiger partial charge in [-0.25, -0.2) is 4.79 Å². The maximum atomic E-state index is 12.5. The summed E-state index contributed by atoms with van der Waals surface area (Å²) in [6, 6.07) is 6.26. The molecule has 0 unspecified atom stereocenters. The Morgan fingerprint density at radius 1 is 1.04 bits per heavy atom. The highest BCUT2D eigenvalue weighted by molar-refractivity contribution is 7.99. The van der Waals surface area contributed by atoms with Crippen molar-refractivity contribution in [3.63, 3.8) is 0 Å². The quantitative estimate of drug-likeness (QED) is 0.732. The first-order chi connectivity index (χ1) is 12.1. The highest BCUT2D eigenvalue weighted by atomic mass is 32.2. The van der Waals surface area contributed by atoms with Gasteiger partial charge in [-0.3, -0.25) is 9.59 Å². The Morgan fingerprint density at radius 3 is 2.00 bits per heavy atom. The summed E-state index contributed by atoms with van der Waals surface area (Å²) in [6.45, 7) is 6.64. The molecule has 2 amide bonds. The molecule has 142 valence electrons. The fourth-order valence-corrected chi connectivity index (χ4v) is 3.81. The Balaban J connectivity index is 2.04. The van der Waals surface area contributed by atoms with E-state index < -0.39 is 17.4 Å². The summed E-state index contributed by atoms with van der Waals surface area (Å²) in [6.07, 6.45) is 0.818. The first kappa shape index (κ1) is 20.3. The fraction of sp³-hybridized carbons (Fsp3) is 0.526. The van der Waals surface area contributed by atoms with E-state index in [1.807, 2.05) is 20.8 Å². The number of carboxylic acid groups (broad SMARTS) is 1. The second kappa shape index (κ2) is 8.12. The highest BCUT2D eigenvalue weighted by Gasteiger charge is 2.41. The van der Waals surface area contributed by atoms with Crippen molar-refractivity contribution in [3.05, 3.63) is 35.4 Å². The molecule has 0 spiro atoms. The second-order valence-corrected chi connectivity index (χ2v) is 9.00. The number of carboxylic acids is 1. The predicted octanol–water partition coefficient (Wildman–Crippen LogP) is 2.54. The summed E-state index contributed by atoms with van der Waals surface area (Å²) in [5, 5.41) is 15.1. The summed E-state index contributed by atoms with van der Waals surface area (Å²) >= 11 is 1.69. The van der Waals surface area contributed by atoms with Crippen molar-refractivity contribution >= 4 is 29.5 Å². The average Bonchev–Trinajstić information content (AvgIpc) is 2.60. The molecular weight excluding hydrogens is 352 g/mol. The van der Waals surface area contributed by atoms with Gasteiger partial charge in [0, 0.05) is 17.7 Å². The Hall–Kier alpha value is -2.02. The molecule has 0 aliphatic carbocycles. The molecule has 0 atom stereocenters. The number of carbonyl (C=O) groups excluding carboxylic acids is 2. The monoisotopic (exact) mass is 378 g/mol. The minimum Gasteiger partial charge on any atom is -0.480 e. The van der Waals surface area contributed by atoms with Gasteiger partial charge in [-0.15, -0.1) is 0 Å². The third-order valence-corrected chi connectivity index (χ3v) is 5.28. The maximum Gasteiger partial charge on any atom is 0.329 e. The van der Waals surface area contributed by atoms with Crippen LogP contribution in [0, 0.1) is 5.41 Å². The van der Waals surface area contributed by atoms with Crippen LogP contribution in [-0.2, 0) is 4.79 Å². The number of thioether (sulfide) groups is 1. The Labute approximate surface area is 158 Å². The van der Waals surface area contributed by atoms with E-state index in [0.29, 0.717) is 42.0 Å². The van der Waals surface area contributed by atoms with E-state index in [4.69, 9.17) is 0 Å². The van der Waals surface area contributed by atoms with Gasteiger partial charge in [0.25, 0.3) is 11.8 Å². The number of aliphatic carboxylic acids is 1. The molecule has 26 heavy (non-hydrogen) atoms. The van der Waals surface area contributed by atoms with Crippen molar-refractivity contribution in [2.24, 2.45) is 5.41 Å². The van der Waals surface area contributed by atoms with Crippen LogP contribution in [0.4, 0.5) is 0 Å². The molecule has 0 aromatic heterocycles. The molecule has 1 aliphatic heterocycles. The lowest BCUT2D eigenvalue weighted by Crippen LogP contribution is -2.56. The number of benzene rings is 1. The van der Waals surface area contributed by atoms with Crippen LogP contribution in [0.15, 0.2) is 24.3 Å². The smallest absolute Gasteiger partial charge is 0.329 e. The van der Waals surface area contributed by atoms with Crippen LogP contribution in [0.2, 0.25) is 0 Å². The van der Waals surface area contributed by atoms with Gasteiger partial charge >= 0.3 is 5.97 Å². The van der Waals surface area contributed by atoms with Crippen LogP contribution in [-0.4, -0.2) is 46.5 Å². The molecule has 7 heteroatoms. The van der Waals surface area contributed by atoms with Crippen LogP contribution in [0.25, 0.3) is 0 Å². The highest BCUT2D eigenvalue weighted by Crippen LogP contribution is 2.27. The largest absolute Gasteiger partial charge is 0.480 e. The predicted molar refractivity (Wildman–Crippen MR) is 103 cm³/mol. The molecule has 1 fully saturated rings. The Bertz CT molecular complexity index is 674. The first-order valence-corrected chi connectivity index (χ1v) is 9.80. The lowest BCUT2D eigenvalue weighted by atomic mass is 9.91. The number of amides is 2. The van der Waals surface area contributed by atoms with E-state index in [1.165, 1.54) is 0 Å². The number of rotatable bonds is 5. The van der Waals surface area contributed by atoms with Crippen molar-refractivity contribution in [1.82, 2.24) is 10.6 Å². The SMILES string of the molecule is CC(C)(C)CNC(=O)c1ccc(C(=O)NC2(C(=O)O)CCSCC2)cc1. The maximum absolute atomic E-state index is 12.5. The average molecular weight is 378 g/mol. The zero-order chi connectivity index (χ0) is 19.4. The molecular formula is C19H26N2O4S. The summed E-state index contributed by atoms with van der Waals surface area (Å²) in [5.41, 5.74) is -0.409. The van der Waals surface area contributed by atoms with Crippen molar-refractivity contribution in [1.29, 1.82) is 0 Å². The van der Waals surface area contributed by atoms with Crippen LogP contribution in [0.3, 0.4) is 0 Å². The standard InChI is InChI=1S/C19H26N2O4S/c1-18(2,3)12-20-15(22)13-4-6-14(7-5-13)16(23)21-19(17(24)25)8-10-26-11-9-19/h4-7H,8-12H2,1-3H3,(H,20,22)(H,21,23)(H,24,25). The van der Waals surface area contributed by atoms with Gasteiger partial charge in [-0.05, 0) is 54.0 Å². The van der Waals surface area contributed by atoms with Gasteiger partial charge in [0.1, 0.15) is 5.54 Å². The molecule has 1 aromatic rings.